The van der Waals surface area contributed by atoms with Crippen molar-refractivity contribution < 1.29 is 13.2 Å². The Labute approximate surface area is 195 Å². The number of nitrogens with one attached hydrogen (secondary N) is 3. The Morgan fingerprint density at radius 2 is 1.88 bits per heavy atom. The van der Waals surface area contributed by atoms with Crippen LogP contribution in [0.5, 0.6) is 0 Å². The van der Waals surface area contributed by atoms with Crippen molar-refractivity contribution in [3.05, 3.63) is 77.4 Å². The van der Waals surface area contributed by atoms with Gasteiger partial charge in [-0.25, -0.2) is 4.98 Å². The Bertz CT molecular complexity index is 1450. The molecule has 1 aliphatic heterocycles. The van der Waals surface area contributed by atoms with Crippen LogP contribution < -0.4 is 14.3 Å². The number of carbonyl (C=O) groups excluding carboxylic acids is 1. The molecular weight excluding hydrogens is 462 g/mol. The summed E-state index contributed by atoms with van der Waals surface area (Å²) in [7, 11) is -3.54. The zero-order valence-corrected chi connectivity index (χ0v) is 18.9. The molecule has 0 unspecified atom stereocenters. The number of pyridine rings is 1. The maximum Gasteiger partial charge on any atom is 0.301 e. The van der Waals surface area contributed by atoms with E-state index < -0.39 is 10.2 Å². The largest absolute Gasteiger partial charge is 0.360 e. The number of amides is 1. The van der Waals surface area contributed by atoms with Crippen molar-refractivity contribution in [1.82, 2.24) is 14.7 Å². The first kappa shape index (κ1) is 21.4. The fraction of sp³-hybridized carbons (Fsp3) is 0.130. The van der Waals surface area contributed by atoms with E-state index in [0.717, 1.165) is 11.0 Å². The average molecular weight is 482 g/mol. The van der Waals surface area contributed by atoms with Gasteiger partial charge in [-0.15, -0.1) is 0 Å². The van der Waals surface area contributed by atoms with Crippen molar-refractivity contribution in [3.63, 3.8) is 0 Å². The molecule has 168 valence electrons. The molecule has 0 atom stereocenters. The minimum absolute atomic E-state index is 0.316. The van der Waals surface area contributed by atoms with Gasteiger partial charge >= 0.3 is 10.2 Å². The molecule has 33 heavy (non-hydrogen) atoms. The number of nitrogens with zero attached hydrogens (tertiary/aromatic N) is 2. The molecule has 5 rings (SSSR count). The average Bonchev–Trinajstić information content (AvgIpc) is 3.28. The highest BCUT2D eigenvalue weighted by atomic mass is 35.5. The van der Waals surface area contributed by atoms with Gasteiger partial charge in [0.1, 0.15) is 0 Å². The van der Waals surface area contributed by atoms with Crippen LogP contribution in [0.2, 0.25) is 5.02 Å². The maximum absolute atomic E-state index is 12.8. The van der Waals surface area contributed by atoms with E-state index in [0.29, 0.717) is 52.7 Å². The van der Waals surface area contributed by atoms with Crippen molar-refractivity contribution in [3.8, 4) is 11.3 Å². The van der Waals surface area contributed by atoms with Crippen LogP contribution in [0.25, 0.3) is 22.3 Å². The first-order valence-electron chi connectivity index (χ1n) is 10.3. The van der Waals surface area contributed by atoms with E-state index >= 15 is 0 Å². The number of halogens is 1. The number of aromatic amines is 1. The second kappa shape index (κ2) is 8.51. The normalized spacial score (nSPS) is 15.5. The lowest BCUT2D eigenvalue weighted by molar-refractivity contribution is 0.102. The first-order valence-corrected chi connectivity index (χ1v) is 12.2. The van der Waals surface area contributed by atoms with Crippen LogP contribution in [0.3, 0.4) is 0 Å². The van der Waals surface area contributed by atoms with Crippen LogP contribution in [-0.4, -0.2) is 37.4 Å². The second-order valence-corrected chi connectivity index (χ2v) is 9.71. The number of carbonyl (C=O) groups is 1. The molecule has 8 nitrogen and oxygen atoms in total. The lowest BCUT2D eigenvalue weighted by atomic mass is 10.1. The summed E-state index contributed by atoms with van der Waals surface area (Å²) < 4.78 is 28.2. The summed E-state index contributed by atoms with van der Waals surface area (Å²) >= 11 is 6.40. The third-order valence-electron chi connectivity index (χ3n) is 5.44. The molecule has 2 aromatic carbocycles. The molecule has 1 fully saturated rings. The maximum atomic E-state index is 12.8. The van der Waals surface area contributed by atoms with Crippen molar-refractivity contribution in [2.75, 3.05) is 22.7 Å². The molecule has 4 aromatic rings. The summed E-state index contributed by atoms with van der Waals surface area (Å²) in [6.45, 7) is 0.827. The minimum atomic E-state index is -3.54. The van der Waals surface area contributed by atoms with Crippen LogP contribution >= 0.6 is 11.6 Å². The molecule has 1 saturated heterocycles. The smallest absolute Gasteiger partial charge is 0.301 e. The van der Waals surface area contributed by atoms with E-state index in [2.05, 4.69) is 20.0 Å². The zero-order valence-electron chi connectivity index (χ0n) is 17.4. The van der Waals surface area contributed by atoms with Gasteiger partial charge in [0.05, 0.1) is 27.4 Å². The standard InChI is InChI=1S/C23H20ClN5O3S/c24-19-7-4-16(14-18(19)20-8-9-21-22(28-20)10-12-25-21)27-23(30)15-2-5-17(6-3-15)29-13-1-11-26-33(29,31)32/h2-10,12,14,25-26H,1,11,13H2,(H,27,30). The summed E-state index contributed by atoms with van der Waals surface area (Å²) in [5.74, 6) is -0.316. The molecule has 3 N–H and O–H groups in total. The van der Waals surface area contributed by atoms with Crippen molar-refractivity contribution >= 4 is 50.1 Å². The molecule has 0 saturated carbocycles. The van der Waals surface area contributed by atoms with E-state index in [1.807, 2.05) is 24.4 Å². The number of fused-ring (bicyclic) bond motifs is 1. The number of benzene rings is 2. The van der Waals surface area contributed by atoms with Gasteiger partial charge in [0.15, 0.2) is 0 Å². The summed E-state index contributed by atoms with van der Waals surface area (Å²) in [5, 5.41) is 3.39. The summed E-state index contributed by atoms with van der Waals surface area (Å²) in [5.41, 5.74) is 4.64. The van der Waals surface area contributed by atoms with Crippen molar-refractivity contribution in [1.29, 1.82) is 0 Å². The molecule has 0 aliphatic carbocycles. The number of H-pyrrole nitrogens is 1. The Balaban J connectivity index is 1.36. The summed E-state index contributed by atoms with van der Waals surface area (Å²) in [6.07, 6.45) is 2.54. The fourth-order valence-corrected chi connectivity index (χ4v) is 5.30. The van der Waals surface area contributed by atoms with Gasteiger partial charge in [-0.1, -0.05) is 11.6 Å². The lowest BCUT2D eigenvalue weighted by Gasteiger charge is -2.28. The van der Waals surface area contributed by atoms with Gasteiger partial charge in [-0.3, -0.25) is 9.10 Å². The number of rotatable bonds is 4. The van der Waals surface area contributed by atoms with E-state index in [1.165, 1.54) is 4.31 Å². The van der Waals surface area contributed by atoms with Gasteiger partial charge < -0.3 is 10.3 Å². The monoisotopic (exact) mass is 481 g/mol. The molecule has 2 aromatic heterocycles. The third kappa shape index (κ3) is 4.30. The molecular formula is C23H20ClN5O3S. The second-order valence-electron chi connectivity index (χ2n) is 7.63. The van der Waals surface area contributed by atoms with Crippen LogP contribution in [-0.2, 0) is 10.2 Å². The quantitative estimate of drug-likeness (QED) is 0.406. The summed E-state index contributed by atoms with van der Waals surface area (Å²) in [6, 6.07) is 17.4. The van der Waals surface area contributed by atoms with Crippen LogP contribution in [0.15, 0.2) is 66.9 Å². The number of hydrogen-bond donors (Lipinski definition) is 3. The van der Waals surface area contributed by atoms with Gasteiger partial charge in [0, 0.05) is 36.1 Å². The van der Waals surface area contributed by atoms with Crippen LogP contribution in [0.4, 0.5) is 11.4 Å². The Morgan fingerprint density at radius 3 is 2.67 bits per heavy atom. The molecule has 10 heteroatoms. The fourth-order valence-electron chi connectivity index (χ4n) is 3.76. The Morgan fingerprint density at radius 1 is 1.06 bits per heavy atom. The lowest BCUT2D eigenvalue weighted by Crippen LogP contribution is -2.47. The molecule has 0 radical (unpaired) electrons. The molecule has 3 heterocycles. The van der Waals surface area contributed by atoms with Gasteiger partial charge in [-0.2, -0.15) is 13.1 Å². The van der Waals surface area contributed by atoms with Crippen molar-refractivity contribution in [2.45, 2.75) is 6.42 Å². The Kier molecular flexibility index (Phi) is 5.53. The molecule has 1 amide bonds. The van der Waals surface area contributed by atoms with Crippen LogP contribution in [0.1, 0.15) is 16.8 Å². The van der Waals surface area contributed by atoms with Crippen molar-refractivity contribution in [2.24, 2.45) is 0 Å². The van der Waals surface area contributed by atoms with Crippen LogP contribution in [0, 0.1) is 0 Å². The highest BCUT2D eigenvalue weighted by Crippen LogP contribution is 2.31. The highest BCUT2D eigenvalue weighted by molar-refractivity contribution is 7.90. The zero-order chi connectivity index (χ0) is 23.0. The Hall–Kier alpha value is -3.40. The van der Waals surface area contributed by atoms with Gasteiger partial charge in [0.25, 0.3) is 5.91 Å². The minimum Gasteiger partial charge on any atom is -0.360 e. The number of hydrogen-bond acceptors (Lipinski definition) is 4. The summed E-state index contributed by atoms with van der Waals surface area (Å²) in [4.78, 5) is 20.5. The predicted molar refractivity (Wildman–Crippen MR) is 130 cm³/mol. The predicted octanol–water partition coefficient (Wildman–Crippen LogP) is 4.18. The van der Waals surface area contributed by atoms with Gasteiger partial charge in [0.2, 0.25) is 0 Å². The SMILES string of the molecule is O=C(Nc1ccc(Cl)c(-c2ccc3[nH]ccc3n2)c1)c1ccc(N2CCCNS2(=O)=O)cc1. The number of anilines is 2. The third-order valence-corrected chi connectivity index (χ3v) is 7.31. The number of aromatic nitrogens is 2. The van der Waals surface area contributed by atoms with Gasteiger partial charge in [-0.05, 0) is 67.1 Å². The van der Waals surface area contributed by atoms with E-state index in [1.54, 1.807) is 42.5 Å². The van der Waals surface area contributed by atoms with E-state index in [-0.39, 0.29) is 5.91 Å². The molecule has 1 aliphatic rings. The topological polar surface area (TPSA) is 107 Å². The molecule has 0 spiro atoms. The van der Waals surface area contributed by atoms with E-state index in [4.69, 9.17) is 11.6 Å². The first-order chi connectivity index (χ1) is 15.9. The molecule has 0 bridgehead atoms. The highest BCUT2D eigenvalue weighted by Gasteiger charge is 2.25. The van der Waals surface area contributed by atoms with E-state index in [9.17, 15) is 13.2 Å².